The van der Waals surface area contributed by atoms with Crippen LogP contribution < -0.4 is 5.32 Å². The molecular weight excluding hydrogens is 608 g/mol. The molecule has 2 amide bonds. The van der Waals surface area contributed by atoms with Gasteiger partial charge in [-0.2, -0.15) is 13.2 Å². The van der Waals surface area contributed by atoms with E-state index in [9.17, 15) is 32.3 Å². The summed E-state index contributed by atoms with van der Waals surface area (Å²) in [6.45, 7) is 8.53. The minimum atomic E-state index is -4.86. The molecule has 0 saturated carbocycles. The zero-order valence-corrected chi connectivity index (χ0v) is 26.4. The molecule has 3 heterocycles. The summed E-state index contributed by atoms with van der Waals surface area (Å²) in [7, 11) is -0.360. The zero-order chi connectivity index (χ0) is 32.5. The second-order valence-corrected chi connectivity index (χ2v) is 13.8. The second kappa shape index (κ2) is 13.2. The number of hydrogen-bond acceptors (Lipinski definition) is 5. The van der Waals surface area contributed by atoms with E-state index in [0.29, 0.717) is 50.7 Å². The summed E-state index contributed by atoms with van der Waals surface area (Å²) in [5, 5.41) is 16.2. The van der Waals surface area contributed by atoms with Crippen molar-refractivity contribution in [2.75, 3.05) is 32.8 Å². The summed E-state index contributed by atoms with van der Waals surface area (Å²) in [5.41, 5.74) is 1.25. The van der Waals surface area contributed by atoms with Gasteiger partial charge in [0.2, 0.25) is 0 Å². The van der Waals surface area contributed by atoms with Gasteiger partial charge in [0.25, 0.3) is 11.8 Å². The molecule has 1 spiro atoms. The molecule has 1 atom stereocenters. The summed E-state index contributed by atoms with van der Waals surface area (Å²) in [6, 6.07) is 6.48. The molecule has 5 rings (SSSR count). The topological polar surface area (TPSA) is 85.2 Å². The number of piperidine rings is 2. The number of aryl methyl sites for hydroxylation is 2. The van der Waals surface area contributed by atoms with Crippen LogP contribution in [0, 0.1) is 25.6 Å². The molecule has 242 valence electrons. The molecule has 2 aromatic carbocycles. The maximum Gasteiger partial charge on any atom is 0.419 e. The minimum Gasteiger partial charge on any atom is -0.396 e. The van der Waals surface area contributed by atoms with Gasteiger partial charge in [0.05, 0.1) is 5.56 Å². The SMILES string of the molecule is C/C=S(/C=C/c1c(C)cc(C(=O)N2CCC(CO)CC2)cc1C)N1CCC2(CC1)N=C(c1ccc(F)c(C(F)(F)F)c1)NC2=O. The van der Waals surface area contributed by atoms with E-state index in [0.717, 1.165) is 35.6 Å². The summed E-state index contributed by atoms with van der Waals surface area (Å²) in [4.78, 5) is 32.6. The van der Waals surface area contributed by atoms with Gasteiger partial charge in [0, 0.05) is 43.9 Å². The number of nitrogens with one attached hydrogen (secondary N) is 1. The average Bonchev–Trinajstić information content (AvgIpc) is 3.33. The number of amides is 2. The lowest BCUT2D eigenvalue weighted by Gasteiger charge is -2.36. The smallest absolute Gasteiger partial charge is 0.396 e. The van der Waals surface area contributed by atoms with Gasteiger partial charge in [-0.1, -0.05) is 10.7 Å². The van der Waals surface area contributed by atoms with Crippen molar-refractivity contribution in [3.05, 3.63) is 74.9 Å². The van der Waals surface area contributed by atoms with Crippen molar-refractivity contribution in [2.24, 2.45) is 10.9 Å². The highest BCUT2D eigenvalue weighted by atomic mass is 32.2. The molecule has 3 aliphatic rings. The lowest BCUT2D eigenvalue weighted by atomic mass is 9.89. The second-order valence-electron chi connectivity index (χ2n) is 11.9. The number of nitrogens with zero attached hydrogens (tertiary/aromatic N) is 3. The van der Waals surface area contributed by atoms with E-state index in [1.165, 1.54) is 6.07 Å². The lowest BCUT2D eigenvalue weighted by Crippen LogP contribution is -2.47. The van der Waals surface area contributed by atoms with Crippen LogP contribution >= 0.6 is 10.7 Å². The number of alkyl halides is 3. The van der Waals surface area contributed by atoms with E-state index in [-0.39, 0.29) is 46.4 Å². The number of aliphatic imine (C=N–C) groups is 1. The number of carbonyl (C=O) groups excluding carboxylic acids is 2. The van der Waals surface area contributed by atoms with Crippen LogP contribution in [0.1, 0.15) is 70.8 Å². The Hall–Kier alpha value is -3.35. The van der Waals surface area contributed by atoms with Crippen molar-refractivity contribution in [2.45, 2.75) is 58.2 Å². The molecule has 7 nitrogen and oxygen atoms in total. The lowest BCUT2D eigenvalue weighted by molar-refractivity contribution is -0.140. The molecular formula is C33H38F4N4O3S. The fourth-order valence-corrected chi connectivity index (χ4v) is 7.77. The number of hydrogen-bond donors (Lipinski definition) is 2. The Morgan fingerprint density at radius 2 is 1.76 bits per heavy atom. The van der Waals surface area contributed by atoms with E-state index in [1.807, 2.05) is 37.8 Å². The molecule has 2 fully saturated rings. The Morgan fingerprint density at radius 3 is 2.33 bits per heavy atom. The van der Waals surface area contributed by atoms with Crippen molar-refractivity contribution in [3.63, 3.8) is 0 Å². The monoisotopic (exact) mass is 646 g/mol. The molecule has 2 saturated heterocycles. The van der Waals surface area contributed by atoms with E-state index in [1.54, 1.807) is 0 Å². The molecule has 0 radical (unpaired) electrons. The predicted molar refractivity (Wildman–Crippen MR) is 170 cm³/mol. The van der Waals surface area contributed by atoms with Crippen LogP contribution in [0.5, 0.6) is 0 Å². The number of aliphatic hydroxyl groups excluding tert-OH is 1. The normalized spacial score (nSPS) is 20.2. The molecule has 2 N–H and O–H groups in total. The Balaban J connectivity index is 1.26. The first-order chi connectivity index (χ1) is 21.3. The number of rotatable bonds is 6. The molecule has 0 bridgehead atoms. The number of likely N-dealkylation sites (tertiary alicyclic amines) is 1. The van der Waals surface area contributed by atoms with Crippen molar-refractivity contribution < 1.29 is 32.3 Å². The Morgan fingerprint density at radius 1 is 1.11 bits per heavy atom. The molecule has 1 unspecified atom stereocenters. The van der Waals surface area contributed by atoms with Gasteiger partial charge in [-0.3, -0.25) is 18.9 Å². The third kappa shape index (κ3) is 6.92. The van der Waals surface area contributed by atoms with Gasteiger partial charge in [-0.15, -0.1) is 0 Å². The molecule has 2 aromatic rings. The largest absolute Gasteiger partial charge is 0.419 e. The van der Waals surface area contributed by atoms with Crippen molar-refractivity contribution >= 4 is 39.8 Å². The van der Waals surface area contributed by atoms with Crippen LogP contribution in [0.15, 0.2) is 40.7 Å². The van der Waals surface area contributed by atoms with Crippen molar-refractivity contribution in [1.82, 2.24) is 14.5 Å². The van der Waals surface area contributed by atoms with Crippen LogP contribution in [-0.2, 0) is 11.0 Å². The predicted octanol–water partition coefficient (Wildman–Crippen LogP) is 5.69. The molecule has 3 aliphatic heterocycles. The van der Waals surface area contributed by atoms with Crippen molar-refractivity contribution in [1.29, 1.82) is 0 Å². The van der Waals surface area contributed by atoms with Crippen molar-refractivity contribution in [3.8, 4) is 0 Å². The van der Waals surface area contributed by atoms with E-state index >= 15 is 0 Å². The van der Waals surface area contributed by atoms with E-state index in [4.69, 9.17) is 0 Å². The third-order valence-electron chi connectivity index (χ3n) is 8.99. The highest BCUT2D eigenvalue weighted by Crippen LogP contribution is 2.37. The molecule has 0 aromatic heterocycles. The summed E-state index contributed by atoms with van der Waals surface area (Å²) >= 11 is 0. The molecule has 12 heteroatoms. The number of benzene rings is 2. The fraction of sp³-hybridized carbons (Fsp3) is 0.455. The van der Waals surface area contributed by atoms with Crippen LogP contribution in [-0.4, -0.2) is 75.7 Å². The van der Waals surface area contributed by atoms with Gasteiger partial charge >= 0.3 is 6.18 Å². The molecule has 0 aliphatic carbocycles. The Labute approximate surface area is 263 Å². The number of amidine groups is 1. The van der Waals surface area contributed by atoms with Gasteiger partial charge in [-0.25, -0.2) is 4.39 Å². The summed E-state index contributed by atoms with van der Waals surface area (Å²) in [6.07, 6.45) is -0.379. The Kier molecular flexibility index (Phi) is 9.67. The van der Waals surface area contributed by atoms with Crippen LogP contribution in [0.2, 0.25) is 0 Å². The molecule has 45 heavy (non-hydrogen) atoms. The summed E-state index contributed by atoms with van der Waals surface area (Å²) < 4.78 is 55.8. The maximum atomic E-state index is 13.8. The highest BCUT2D eigenvalue weighted by Gasteiger charge is 2.46. The summed E-state index contributed by atoms with van der Waals surface area (Å²) in [5.74, 6) is -1.43. The minimum absolute atomic E-state index is 0.0130. The first-order valence-corrected chi connectivity index (χ1v) is 16.4. The third-order valence-corrected chi connectivity index (χ3v) is 10.8. The van der Waals surface area contributed by atoms with Gasteiger partial charge < -0.3 is 15.3 Å². The number of aliphatic hydroxyl groups is 1. The van der Waals surface area contributed by atoms with Crippen LogP contribution in [0.4, 0.5) is 17.6 Å². The first kappa shape index (κ1) is 33.0. The quantitative estimate of drug-likeness (QED) is 0.312. The average molecular weight is 647 g/mol. The number of halogens is 4. The van der Waals surface area contributed by atoms with Gasteiger partial charge in [0.1, 0.15) is 17.2 Å². The van der Waals surface area contributed by atoms with Gasteiger partial charge in [-0.05, 0) is 116 Å². The standard InChI is InChI=1S/C33H38F4N4O3S/c1-4-45(16-9-26-21(2)17-25(18-22(26)3)30(43)40-12-7-23(20-42)8-13-40)41-14-10-32(11-15-41)31(44)38-29(39-32)24-5-6-28(34)27(19-24)33(35,36)37/h4-6,9,16-19,23,42H,7-8,10-15,20H2,1-3H3,(H,38,39,44)/b16-9+. The van der Waals surface area contributed by atoms with Crippen LogP contribution in [0.3, 0.4) is 0 Å². The first-order valence-electron chi connectivity index (χ1n) is 15.1. The number of carbonyl (C=O) groups is 2. The van der Waals surface area contributed by atoms with E-state index < -0.39 is 23.1 Å². The highest BCUT2D eigenvalue weighted by molar-refractivity contribution is 8.15. The maximum absolute atomic E-state index is 13.8. The fourth-order valence-electron chi connectivity index (χ4n) is 6.26. The Bertz CT molecular complexity index is 1550. The van der Waals surface area contributed by atoms with E-state index in [2.05, 4.69) is 31.5 Å². The zero-order valence-electron chi connectivity index (χ0n) is 25.6. The van der Waals surface area contributed by atoms with Gasteiger partial charge in [0.15, 0.2) is 0 Å². The van der Waals surface area contributed by atoms with Crippen LogP contribution in [0.25, 0.3) is 6.08 Å².